The van der Waals surface area contributed by atoms with Crippen LogP contribution in [0.25, 0.3) is 0 Å². The van der Waals surface area contributed by atoms with Crippen LogP contribution in [0.2, 0.25) is 5.02 Å². The molecule has 19 heavy (non-hydrogen) atoms. The van der Waals surface area contributed by atoms with Crippen molar-refractivity contribution in [2.45, 2.75) is 39.5 Å². The minimum Gasteiger partial charge on any atom is -0.376 e. The van der Waals surface area contributed by atoms with Crippen molar-refractivity contribution in [2.24, 2.45) is 0 Å². The van der Waals surface area contributed by atoms with Gasteiger partial charge in [-0.3, -0.25) is 4.90 Å². The SMILES string of the molecule is CCNc1ccc(Cl)c(CN2CC(C)OCC2C)n1. The van der Waals surface area contributed by atoms with Gasteiger partial charge in [0, 0.05) is 25.7 Å². The molecule has 1 saturated heterocycles. The third-order valence-corrected chi connectivity index (χ3v) is 3.71. The minimum atomic E-state index is 0.270. The lowest BCUT2D eigenvalue weighted by atomic mass is 10.2. The first-order chi connectivity index (χ1) is 9.10. The fourth-order valence-corrected chi connectivity index (χ4v) is 2.42. The van der Waals surface area contributed by atoms with E-state index in [-0.39, 0.29) is 6.10 Å². The normalized spacial score (nSPS) is 24.4. The molecule has 4 nitrogen and oxygen atoms in total. The maximum Gasteiger partial charge on any atom is 0.126 e. The lowest BCUT2D eigenvalue weighted by Gasteiger charge is -2.36. The van der Waals surface area contributed by atoms with E-state index >= 15 is 0 Å². The van der Waals surface area contributed by atoms with Gasteiger partial charge in [0.2, 0.25) is 0 Å². The first-order valence-electron chi connectivity index (χ1n) is 6.85. The van der Waals surface area contributed by atoms with Gasteiger partial charge in [-0.2, -0.15) is 0 Å². The Hall–Kier alpha value is -0.840. The van der Waals surface area contributed by atoms with Crippen molar-refractivity contribution in [1.29, 1.82) is 0 Å². The lowest BCUT2D eigenvalue weighted by Crippen LogP contribution is -2.46. The minimum absolute atomic E-state index is 0.270. The Labute approximate surface area is 120 Å². The Morgan fingerprint density at radius 3 is 3.00 bits per heavy atom. The van der Waals surface area contributed by atoms with Gasteiger partial charge in [-0.15, -0.1) is 0 Å². The van der Waals surface area contributed by atoms with Crippen LogP contribution >= 0.6 is 11.6 Å². The number of pyridine rings is 1. The summed E-state index contributed by atoms with van der Waals surface area (Å²) in [5.41, 5.74) is 0.932. The van der Waals surface area contributed by atoms with Crippen molar-refractivity contribution in [2.75, 3.05) is 25.0 Å². The van der Waals surface area contributed by atoms with Gasteiger partial charge < -0.3 is 10.1 Å². The first-order valence-corrected chi connectivity index (χ1v) is 7.23. The summed E-state index contributed by atoms with van der Waals surface area (Å²) in [6.07, 6.45) is 0.270. The Morgan fingerprint density at radius 2 is 2.26 bits per heavy atom. The van der Waals surface area contributed by atoms with Crippen molar-refractivity contribution in [3.05, 3.63) is 22.8 Å². The molecule has 0 amide bonds. The van der Waals surface area contributed by atoms with Crippen LogP contribution in [0.1, 0.15) is 26.5 Å². The summed E-state index contributed by atoms with van der Waals surface area (Å²) in [7, 11) is 0. The number of rotatable bonds is 4. The summed E-state index contributed by atoms with van der Waals surface area (Å²) in [4.78, 5) is 6.96. The number of aromatic nitrogens is 1. The smallest absolute Gasteiger partial charge is 0.126 e. The lowest BCUT2D eigenvalue weighted by molar-refractivity contribution is -0.0530. The van der Waals surface area contributed by atoms with E-state index in [1.165, 1.54) is 0 Å². The molecule has 0 spiro atoms. The summed E-state index contributed by atoms with van der Waals surface area (Å²) in [5, 5.41) is 3.95. The summed E-state index contributed by atoms with van der Waals surface area (Å²) in [6, 6.07) is 4.23. The second-order valence-corrected chi connectivity index (χ2v) is 5.48. The number of nitrogens with zero attached hydrogens (tertiary/aromatic N) is 2. The average Bonchev–Trinajstić information content (AvgIpc) is 2.38. The summed E-state index contributed by atoms with van der Waals surface area (Å²) in [6.45, 7) is 9.65. The second kappa shape index (κ2) is 6.55. The summed E-state index contributed by atoms with van der Waals surface area (Å²) >= 11 is 6.25. The molecule has 1 aliphatic heterocycles. The molecule has 2 atom stereocenters. The molecule has 1 aromatic heterocycles. The number of hydrogen-bond acceptors (Lipinski definition) is 4. The third-order valence-electron chi connectivity index (χ3n) is 3.37. The van der Waals surface area contributed by atoms with Gasteiger partial charge in [-0.1, -0.05) is 11.6 Å². The van der Waals surface area contributed by atoms with E-state index in [4.69, 9.17) is 16.3 Å². The maximum absolute atomic E-state index is 6.25. The van der Waals surface area contributed by atoms with Crippen LogP contribution in [0.4, 0.5) is 5.82 Å². The molecule has 0 aliphatic carbocycles. The van der Waals surface area contributed by atoms with Gasteiger partial charge >= 0.3 is 0 Å². The van der Waals surface area contributed by atoms with Crippen LogP contribution in [-0.2, 0) is 11.3 Å². The molecule has 2 heterocycles. The number of nitrogens with one attached hydrogen (secondary N) is 1. The zero-order valence-electron chi connectivity index (χ0n) is 11.8. The fraction of sp³-hybridized carbons (Fsp3) is 0.643. The number of anilines is 1. The highest BCUT2D eigenvalue weighted by Crippen LogP contribution is 2.21. The van der Waals surface area contributed by atoms with Gasteiger partial charge in [0.25, 0.3) is 0 Å². The number of morpholine rings is 1. The van der Waals surface area contributed by atoms with Gasteiger partial charge in [0.1, 0.15) is 5.82 Å². The molecule has 1 aromatic rings. The van der Waals surface area contributed by atoms with E-state index in [9.17, 15) is 0 Å². The zero-order chi connectivity index (χ0) is 13.8. The molecule has 0 saturated carbocycles. The van der Waals surface area contributed by atoms with Crippen molar-refractivity contribution in [3.63, 3.8) is 0 Å². The third kappa shape index (κ3) is 3.81. The quantitative estimate of drug-likeness (QED) is 0.922. The molecule has 2 unspecified atom stereocenters. The molecule has 0 bridgehead atoms. The largest absolute Gasteiger partial charge is 0.376 e. The second-order valence-electron chi connectivity index (χ2n) is 5.08. The van der Waals surface area contributed by atoms with Crippen LogP contribution in [0.15, 0.2) is 12.1 Å². The van der Waals surface area contributed by atoms with Crippen molar-refractivity contribution >= 4 is 17.4 Å². The van der Waals surface area contributed by atoms with Crippen molar-refractivity contribution in [3.8, 4) is 0 Å². The Morgan fingerprint density at radius 1 is 1.47 bits per heavy atom. The Bertz CT molecular complexity index is 427. The highest BCUT2D eigenvalue weighted by atomic mass is 35.5. The van der Waals surface area contributed by atoms with E-state index in [1.807, 2.05) is 12.1 Å². The van der Waals surface area contributed by atoms with E-state index in [2.05, 4.69) is 36.0 Å². The van der Waals surface area contributed by atoms with Gasteiger partial charge in [0.15, 0.2) is 0 Å². The molecular weight excluding hydrogens is 262 g/mol. The first kappa shape index (κ1) is 14.6. The highest BCUT2D eigenvalue weighted by molar-refractivity contribution is 6.31. The van der Waals surface area contributed by atoms with Crippen LogP contribution in [0.3, 0.4) is 0 Å². The van der Waals surface area contributed by atoms with Crippen LogP contribution in [-0.4, -0.2) is 41.7 Å². The molecule has 5 heteroatoms. The van der Waals surface area contributed by atoms with E-state index in [0.29, 0.717) is 6.04 Å². The molecule has 1 fully saturated rings. The number of ether oxygens (including phenoxy) is 1. The van der Waals surface area contributed by atoms with Crippen molar-refractivity contribution < 1.29 is 4.74 Å². The van der Waals surface area contributed by atoms with Gasteiger partial charge in [-0.05, 0) is 32.9 Å². The molecule has 0 radical (unpaired) electrons. The summed E-state index contributed by atoms with van der Waals surface area (Å²) in [5.74, 6) is 0.885. The Balaban J connectivity index is 2.10. The van der Waals surface area contributed by atoms with Gasteiger partial charge in [0.05, 0.1) is 23.4 Å². The van der Waals surface area contributed by atoms with Crippen LogP contribution < -0.4 is 5.32 Å². The number of halogens is 1. The summed E-state index contributed by atoms with van der Waals surface area (Å²) < 4.78 is 5.64. The fourth-order valence-electron chi connectivity index (χ4n) is 2.26. The molecule has 0 aromatic carbocycles. The predicted molar refractivity (Wildman–Crippen MR) is 78.7 cm³/mol. The predicted octanol–water partition coefficient (Wildman–Crippen LogP) is 2.78. The number of hydrogen-bond donors (Lipinski definition) is 1. The monoisotopic (exact) mass is 283 g/mol. The van der Waals surface area contributed by atoms with E-state index in [0.717, 1.165) is 42.8 Å². The average molecular weight is 284 g/mol. The van der Waals surface area contributed by atoms with Gasteiger partial charge in [-0.25, -0.2) is 4.98 Å². The van der Waals surface area contributed by atoms with E-state index < -0.39 is 0 Å². The topological polar surface area (TPSA) is 37.4 Å². The van der Waals surface area contributed by atoms with Crippen LogP contribution in [0, 0.1) is 0 Å². The highest BCUT2D eigenvalue weighted by Gasteiger charge is 2.24. The molecular formula is C14H22ClN3O. The standard InChI is InChI=1S/C14H22ClN3O/c1-4-16-14-6-5-12(15)13(17-14)8-18-7-11(3)19-9-10(18)2/h5-6,10-11H,4,7-9H2,1-3H3,(H,16,17). The maximum atomic E-state index is 6.25. The van der Waals surface area contributed by atoms with Crippen molar-refractivity contribution in [1.82, 2.24) is 9.88 Å². The molecule has 106 valence electrons. The molecule has 2 rings (SSSR count). The Kier molecular flexibility index (Phi) is 5.02. The molecule has 1 aliphatic rings. The van der Waals surface area contributed by atoms with E-state index in [1.54, 1.807) is 0 Å². The van der Waals surface area contributed by atoms with Crippen LogP contribution in [0.5, 0.6) is 0 Å². The zero-order valence-corrected chi connectivity index (χ0v) is 12.6. The molecule has 1 N–H and O–H groups in total.